The van der Waals surface area contributed by atoms with Crippen LogP contribution >= 0.6 is 0 Å². The summed E-state index contributed by atoms with van der Waals surface area (Å²) in [5.74, 6) is 0. The SMILES string of the molecule is Nc1cc(N)c(S(=O)(=O)O)cc1[N+](=O)[O-]. The lowest BCUT2D eigenvalue weighted by Gasteiger charge is -2.03. The van der Waals surface area contributed by atoms with Gasteiger partial charge < -0.3 is 11.5 Å². The van der Waals surface area contributed by atoms with E-state index in [1.807, 2.05) is 0 Å². The summed E-state index contributed by atoms with van der Waals surface area (Å²) in [4.78, 5) is 8.82. The maximum Gasteiger partial charge on any atom is 0.296 e. The van der Waals surface area contributed by atoms with Crippen molar-refractivity contribution in [1.29, 1.82) is 0 Å². The Morgan fingerprint density at radius 3 is 2.20 bits per heavy atom. The normalized spacial score (nSPS) is 11.3. The summed E-state index contributed by atoms with van der Waals surface area (Å²) < 4.78 is 30.2. The van der Waals surface area contributed by atoms with Crippen molar-refractivity contribution in [2.75, 3.05) is 11.5 Å². The fourth-order valence-corrected chi connectivity index (χ4v) is 1.60. The fourth-order valence-electron chi connectivity index (χ4n) is 0.985. The Morgan fingerprint density at radius 2 is 1.80 bits per heavy atom. The molecular weight excluding hydrogens is 226 g/mol. The molecule has 0 aliphatic heterocycles. The summed E-state index contributed by atoms with van der Waals surface area (Å²) in [6.45, 7) is 0. The van der Waals surface area contributed by atoms with Crippen LogP contribution in [0.3, 0.4) is 0 Å². The Kier molecular flexibility index (Phi) is 2.51. The second kappa shape index (κ2) is 3.37. The van der Waals surface area contributed by atoms with Crippen LogP contribution in [0.5, 0.6) is 0 Å². The number of nitrogens with zero attached hydrogens (tertiary/aromatic N) is 1. The van der Waals surface area contributed by atoms with Gasteiger partial charge in [-0.3, -0.25) is 14.7 Å². The fraction of sp³-hybridized carbons (Fsp3) is 0. The Bertz CT molecular complexity index is 524. The van der Waals surface area contributed by atoms with Gasteiger partial charge in [0, 0.05) is 6.07 Å². The molecular formula is C6H7N3O5S. The Balaban J connectivity index is 3.58. The number of anilines is 2. The summed E-state index contributed by atoms with van der Waals surface area (Å²) in [5, 5.41) is 10.4. The molecule has 0 saturated heterocycles. The first-order valence-electron chi connectivity index (χ1n) is 3.54. The standard InChI is InChI=1S/C6H7N3O5S/c7-3-1-4(8)6(15(12,13)14)2-5(3)9(10)11/h1-2H,7-8H2,(H,12,13,14). The van der Waals surface area contributed by atoms with Crippen LogP contribution in [-0.2, 0) is 10.1 Å². The first-order chi connectivity index (χ1) is 6.73. The van der Waals surface area contributed by atoms with E-state index < -0.39 is 25.6 Å². The summed E-state index contributed by atoms with van der Waals surface area (Å²) >= 11 is 0. The van der Waals surface area contributed by atoms with E-state index in [9.17, 15) is 18.5 Å². The minimum absolute atomic E-state index is 0.273. The van der Waals surface area contributed by atoms with Gasteiger partial charge in [0.05, 0.1) is 10.6 Å². The molecule has 0 aliphatic carbocycles. The van der Waals surface area contributed by atoms with E-state index in [-0.39, 0.29) is 11.4 Å². The lowest BCUT2D eigenvalue weighted by atomic mass is 10.2. The van der Waals surface area contributed by atoms with E-state index in [2.05, 4.69) is 0 Å². The minimum Gasteiger partial charge on any atom is -0.398 e. The zero-order chi connectivity index (χ0) is 11.8. The first kappa shape index (κ1) is 11.2. The highest BCUT2D eigenvalue weighted by Gasteiger charge is 2.21. The molecule has 9 heteroatoms. The van der Waals surface area contributed by atoms with Crippen molar-refractivity contribution in [2.24, 2.45) is 0 Å². The second-order valence-electron chi connectivity index (χ2n) is 2.68. The van der Waals surface area contributed by atoms with Crippen LogP contribution in [0.25, 0.3) is 0 Å². The van der Waals surface area contributed by atoms with Crippen molar-refractivity contribution in [3.8, 4) is 0 Å². The highest BCUT2D eigenvalue weighted by Crippen LogP contribution is 2.29. The minimum atomic E-state index is -4.59. The maximum atomic E-state index is 10.8. The summed E-state index contributed by atoms with van der Waals surface area (Å²) in [7, 11) is -4.59. The van der Waals surface area contributed by atoms with Crippen molar-refractivity contribution >= 4 is 27.2 Å². The number of benzene rings is 1. The van der Waals surface area contributed by atoms with Crippen LogP contribution in [0.4, 0.5) is 17.1 Å². The average Bonchev–Trinajstić information content (AvgIpc) is 2.00. The number of nitrogens with two attached hydrogens (primary N) is 2. The van der Waals surface area contributed by atoms with Crippen molar-refractivity contribution in [3.05, 3.63) is 22.2 Å². The van der Waals surface area contributed by atoms with Crippen molar-refractivity contribution in [1.82, 2.24) is 0 Å². The molecule has 0 radical (unpaired) electrons. The molecule has 82 valence electrons. The molecule has 0 aromatic heterocycles. The largest absolute Gasteiger partial charge is 0.398 e. The number of nitro benzene ring substituents is 1. The van der Waals surface area contributed by atoms with Crippen molar-refractivity contribution < 1.29 is 17.9 Å². The molecule has 1 aromatic carbocycles. The zero-order valence-electron chi connectivity index (χ0n) is 7.25. The van der Waals surface area contributed by atoms with Gasteiger partial charge in [0.1, 0.15) is 10.6 Å². The molecule has 0 fully saturated rings. The zero-order valence-corrected chi connectivity index (χ0v) is 8.06. The van der Waals surface area contributed by atoms with E-state index in [0.29, 0.717) is 6.07 Å². The topological polar surface area (TPSA) is 150 Å². The van der Waals surface area contributed by atoms with Crippen LogP contribution in [-0.4, -0.2) is 17.9 Å². The molecule has 0 bridgehead atoms. The van der Waals surface area contributed by atoms with Crippen LogP contribution in [0.15, 0.2) is 17.0 Å². The van der Waals surface area contributed by atoms with Crippen LogP contribution < -0.4 is 11.5 Å². The number of nitro groups is 1. The molecule has 0 heterocycles. The van der Waals surface area contributed by atoms with E-state index in [1.54, 1.807) is 0 Å². The lowest BCUT2D eigenvalue weighted by molar-refractivity contribution is -0.384. The van der Waals surface area contributed by atoms with Gasteiger partial charge in [-0.25, -0.2) is 0 Å². The summed E-state index contributed by atoms with van der Waals surface area (Å²) in [6, 6.07) is 1.52. The highest BCUT2D eigenvalue weighted by molar-refractivity contribution is 7.86. The third kappa shape index (κ3) is 2.14. The van der Waals surface area contributed by atoms with Crippen LogP contribution in [0.1, 0.15) is 0 Å². The number of hydrogen-bond acceptors (Lipinski definition) is 6. The van der Waals surface area contributed by atoms with E-state index in [1.165, 1.54) is 0 Å². The third-order valence-corrected chi connectivity index (χ3v) is 2.54. The average molecular weight is 233 g/mol. The maximum absolute atomic E-state index is 10.8. The summed E-state index contributed by atoms with van der Waals surface area (Å²) in [5.41, 5.74) is 9.22. The van der Waals surface area contributed by atoms with E-state index in [4.69, 9.17) is 16.0 Å². The monoisotopic (exact) mass is 233 g/mol. The third-order valence-electron chi connectivity index (χ3n) is 1.63. The molecule has 1 aromatic rings. The molecule has 0 saturated carbocycles. The molecule has 0 aliphatic rings. The van der Waals surface area contributed by atoms with Gasteiger partial charge in [-0.1, -0.05) is 0 Å². The van der Waals surface area contributed by atoms with Gasteiger partial charge in [0.2, 0.25) is 0 Å². The van der Waals surface area contributed by atoms with Gasteiger partial charge in [-0.05, 0) is 6.07 Å². The predicted octanol–water partition coefficient (Wildman–Crippen LogP) is 0.00590. The van der Waals surface area contributed by atoms with Gasteiger partial charge in [0.15, 0.2) is 0 Å². The van der Waals surface area contributed by atoms with Gasteiger partial charge in [0.25, 0.3) is 15.8 Å². The Hall–Kier alpha value is -1.87. The number of hydrogen-bond donors (Lipinski definition) is 3. The lowest BCUT2D eigenvalue weighted by Crippen LogP contribution is -2.06. The van der Waals surface area contributed by atoms with Gasteiger partial charge in [-0.15, -0.1) is 0 Å². The van der Waals surface area contributed by atoms with Crippen LogP contribution in [0, 0.1) is 10.1 Å². The van der Waals surface area contributed by atoms with Gasteiger partial charge in [-0.2, -0.15) is 8.42 Å². The van der Waals surface area contributed by atoms with E-state index in [0.717, 1.165) is 6.07 Å². The highest BCUT2D eigenvalue weighted by atomic mass is 32.2. The quantitative estimate of drug-likeness (QED) is 0.281. The number of rotatable bonds is 2. The molecule has 0 spiro atoms. The van der Waals surface area contributed by atoms with Crippen LogP contribution in [0.2, 0.25) is 0 Å². The predicted molar refractivity (Wildman–Crippen MR) is 51.7 cm³/mol. The first-order valence-corrected chi connectivity index (χ1v) is 4.98. The van der Waals surface area contributed by atoms with Crippen molar-refractivity contribution in [2.45, 2.75) is 4.90 Å². The summed E-state index contributed by atoms with van der Waals surface area (Å²) in [6.07, 6.45) is 0. The molecule has 0 unspecified atom stereocenters. The Labute approximate surface area is 84.4 Å². The second-order valence-corrected chi connectivity index (χ2v) is 4.07. The Morgan fingerprint density at radius 1 is 1.27 bits per heavy atom. The molecule has 5 N–H and O–H groups in total. The van der Waals surface area contributed by atoms with Crippen molar-refractivity contribution in [3.63, 3.8) is 0 Å². The number of nitrogen functional groups attached to an aromatic ring is 2. The molecule has 1 rings (SSSR count). The molecule has 15 heavy (non-hydrogen) atoms. The van der Waals surface area contributed by atoms with E-state index >= 15 is 0 Å². The molecule has 0 amide bonds. The molecule has 8 nitrogen and oxygen atoms in total. The van der Waals surface area contributed by atoms with Gasteiger partial charge >= 0.3 is 0 Å². The smallest absolute Gasteiger partial charge is 0.296 e. The molecule has 0 atom stereocenters.